The number of carbonyl (C=O) groups is 1. The first-order valence-electron chi connectivity index (χ1n) is 6.88. The molecule has 2 aromatic heterocycles. The number of nitrogens with one attached hydrogen (secondary N) is 3. The molecule has 1 amide bonds. The van der Waals surface area contributed by atoms with E-state index in [1.165, 1.54) is 0 Å². The first-order valence-corrected chi connectivity index (χ1v) is 7.76. The van der Waals surface area contributed by atoms with Gasteiger partial charge in [-0.3, -0.25) is 15.2 Å². The minimum atomic E-state index is -0.160. The lowest BCUT2D eigenvalue weighted by molar-refractivity contribution is -0.123. The molecule has 1 aliphatic heterocycles. The van der Waals surface area contributed by atoms with Gasteiger partial charge in [-0.05, 0) is 25.5 Å². The zero-order chi connectivity index (χ0) is 14.7. The lowest BCUT2D eigenvalue weighted by Crippen LogP contribution is -2.43. The van der Waals surface area contributed by atoms with Gasteiger partial charge in [0.2, 0.25) is 5.91 Å². The second kappa shape index (κ2) is 6.30. The van der Waals surface area contributed by atoms with Crippen LogP contribution in [0, 0.1) is 0 Å². The number of nitrogens with zero attached hydrogens (tertiary/aromatic N) is 2. The van der Waals surface area contributed by atoms with E-state index in [0.29, 0.717) is 0 Å². The van der Waals surface area contributed by atoms with Gasteiger partial charge in [-0.15, -0.1) is 11.3 Å². The second-order valence-corrected chi connectivity index (χ2v) is 5.84. The van der Waals surface area contributed by atoms with E-state index in [-0.39, 0.29) is 18.0 Å². The van der Waals surface area contributed by atoms with E-state index < -0.39 is 0 Å². The smallest absolute Gasteiger partial charge is 0.239 e. The van der Waals surface area contributed by atoms with Crippen molar-refractivity contribution in [1.29, 1.82) is 0 Å². The van der Waals surface area contributed by atoms with Crippen molar-refractivity contribution in [3.63, 3.8) is 0 Å². The molecular formula is C14H17N5OS. The Morgan fingerprint density at radius 3 is 3.00 bits per heavy atom. The van der Waals surface area contributed by atoms with E-state index >= 15 is 0 Å². The number of thiazole rings is 1. The van der Waals surface area contributed by atoms with Crippen molar-refractivity contribution in [3.05, 3.63) is 34.9 Å². The number of hydrazine groups is 1. The lowest BCUT2D eigenvalue weighted by Gasteiger charge is -2.14. The van der Waals surface area contributed by atoms with Crippen LogP contribution in [0.5, 0.6) is 0 Å². The summed E-state index contributed by atoms with van der Waals surface area (Å²) in [6, 6.07) is 3.60. The first kappa shape index (κ1) is 14.1. The minimum Gasteiger partial charge on any atom is -0.346 e. The quantitative estimate of drug-likeness (QED) is 0.792. The van der Waals surface area contributed by atoms with E-state index in [4.69, 9.17) is 0 Å². The molecule has 0 radical (unpaired) electrons. The molecule has 3 heterocycles. The molecule has 1 fully saturated rings. The Morgan fingerprint density at radius 1 is 1.48 bits per heavy atom. The zero-order valence-electron chi connectivity index (χ0n) is 11.7. The van der Waals surface area contributed by atoms with Crippen LogP contribution in [-0.2, 0) is 4.79 Å². The Labute approximate surface area is 127 Å². The fourth-order valence-corrected chi connectivity index (χ4v) is 3.03. The number of carbonyl (C=O) groups excluding carboxylic acids is 1. The molecule has 2 unspecified atom stereocenters. The van der Waals surface area contributed by atoms with Gasteiger partial charge < -0.3 is 5.32 Å². The van der Waals surface area contributed by atoms with Crippen LogP contribution in [0.3, 0.4) is 0 Å². The predicted octanol–water partition coefficient (Wildman–Crippen LogP) is 1.25. The summed E-state index contributed by atoms with van der Waals surface area (Å²) in [5, 5.41) is 5.90. The summed E-state index contributed by atoms with van der Waals surface area (Å²) in [4.78, 5) is 20.7. The van der Waals surface area contributed by atoms with E-state index in [9.17, 15) is 4.79 Å². The highest BCUT2D eigenvalue weighted by atomic mass is 32.1. The fourth-order valence-electron chi connectivity index (χ4n) is 2.20. The SMILES string of the molecule is CC(NC(=O)C1CCNN1)c1nc(-c2ccncc2)cs1. The van der Waals surface area contributed by atoms with Crippen molar-refractivity contribution in [2.45, 2.75) is 25.4 Å². The highest BCUT2D eigenvalue weighted by Gasteiger charge is 2.24. The van der Waals surface area contributed by atoms with Crippen molar-refractivity contribution in [2.75, 3.05) is 6.54 Å². The van der Waals surface area contributed by atoms with Gasteiger partial charge in [0.05, 0.1) is 11.7 Å². The third-order valence-corrected chi connectivity index (χ3v) is 4.41. The van der Waals surface area contributed by atoms with Gasteiger partial charge in [0, 0.05) is 29.9 Å². The third-order valence-electron chi connectivity index (χ3n) is 3.38. The van der Waals surface area contributed by atoms with Gasteiger partial charge in [-0.25, -0.2) is 10.4 Å². The Kier molecular flexibility index (Phi) is 4.23. The fraction of sp³-hybridized carbons (Fsp3) is 0.357. The van der Waals surface area contributed by atoms with Crippen molar-refractivity contribution in [3.8, 4) is 11.3 Å². The molecule has 0 saturated carbocycles. The summed E-state index contributed by atoms with van der Waals surface area (Å²) in [6.45, 7) is 2.77. The van der Waals surface area contributed by atoms with Gasteiger partial charge >= 0.3 is 0 Å². The number of amides is 1. The zero-order valence-corrected chi connectivity index (χ0v) is 12.5. The van der Waals surface area contributed by atoms with E-state index in [0.717, 1.165) is 29.2 Å². The van der Waals surface area contributed by atoms with E-state index in [1.807, 2.05) is 24.4 Å². The van der Waals surface area contributed by atoms with Crippen LogP contribution >= 0.6 is 11.3 Å². The summed E-state index contributed by atoms with van der Waals surface area (Å²) in [7, 11) is 0. The molecule has 110 valence electrons. The standard InChI is InChI=1S/C14H17N5OS/c1-9(17-13(20)11-4-7-16-19-11)14-18-12(8-21-14)10-2-5-15-6-3-10/h2-3,5-6,8-9,11,16,19H,4,7H2,1H3,(H,17,20). The van der Waals surface area contributed by atoms with Crippen LogP contribution in [-0.4, -0.2) is 28.5 Å². The maximum atomic E-state index is 12.1. The lowest BCUT2D eigenvalue weighted by atomic mass is 10.2. The first-order chi connectivity index (χ1) is 10.2. The van der Waals surface area contributed by atoms with Crippen LogP contribution in [0.1, 0.15) is 24.4 Å². The van der Waals surface area contributed by atoms with Crippen LogP contribution < -0.4 is 16.2 Å². The molecule has 21 heavy (non-hydrogen) atoms. The Morgan fingerprint density at radius 2 is 2.29 bits per heavy atom. The van der Waals surface area contributed by atoms with Crippen molar-refractivity contribution in [1.82, 2.24) is 26.1 Å². The van der Waals surface area contributed by atoms with Crippen molar-refractivity contribution < 1.29 is 4.79 Å². The molecule has 0 bridgehead atoms. The largest absolute Gasteiger partial charge is 0.346 e. The molecule has 3 rings (SSSR count). The number of hydrogen-bond acceptors (Lipinski definition) is 6. The molecule has 0 spiro atoms. The molecule has 1 saturated heterocycles. The predicted molar refractivity (Wildman–Crippen MR) is 81.4 cm³/mol. The maximum Gasteiger partial charge on any atom is 0.239 e. The Hall–Kier alpha value is -1.83. The van der Waals surface area contributed by atoms with Gasteiger partial charge in [0.15, 0.2) is 0 Å². The monoisotopic (exact) mass is 303 g/mol. The van der Waals surface area contributed by atoms with Gasteiger partial charge in [-0.1, -0.05) is 0 Å². The van der Waals surface area contributed by atoms with E-state index in [2.05, 4.69) is 26.1 Å². The van der Waals surface area contributed by atoms with Crippen LogP contribution in [0.2, 0.25) is 0 Å². The van der Waals surface area contributed by atoms with E-state index in [1.54, 1.807) is 23.7 Å². The molecule has 1 aliphatic rings. The number of rotatable bonds is 4. The highest BCUT2D eigenvalue weighted by molar-refractivity contribution is 7.10. The molecule has 2 aromatic rings. The van der Waals surface area contributed by atoms with Crippen molar-refractivity contribution >= 4 is 17.2 Å². The molecular weight excluding hydrogens is 286 g/mol. The normalized spacial score (nSPS) is 19.4. The number of pyridine rings is 1. The van der Waals surface area contributed by atoms with Crippen LogP contribution in [0.15, 0.2) is 29.9 Å². The van der Waals surface area contributed by atoms with Crippen LogP contribution in [0.4, 0.5) is 0 Å². The molecule has 3 N–H and O–H groups in total. The van der Waals surface area contributed by atoms with Gasteiger partial charge in [0.25, 0.3) is 0 Å². The average molecular weight is 303 g/mol. The Balaban J connectivity index is 1.66. The van der Waals surface area contributed by atoms with Crippen molar-refractivity contribution in [2.24, 2.45) is 0 Å². The van der Waals surface area contributed by atoms with Gasteiger partial charge in [0.1, 0.15) is 11.0 Å². The summed E-state index contributed by atoms with van der Waals surface area (Å²) >= 11 is 1.55. The molecule has 0 aromatic carbocycles. The molecule has 2 atom stereocenters. The minimum absolute atomic E-state index is 0.00756. The second-order valence-electron chi connectivity index (χ2n) is 4.95. The Bertz CT molecular complexity index is 609. The third kappa shape index (κ3) is 3.26. The van der Waals surface area contributed by atoms with Gasteiger partial charge in [-0.2, -0.15) is 0 Å². The molecule has 6 nitrogen and oxygen atoms in total. The maximum absolute atomic E-state index is 12.1. The average Bonchev–Trinajstić information content (AvgIpc) is 3.20. The number of aromatic nitrogens is 2. The number of hydrogen-bond donors (Lipinski definition) is 3. The molecule has 0 aliphatic carbocycles. The van der Waals surface area contributed by atoms with Crippen LogP contribution in [0.25, 0.3) is 11.3 Å². The molecule has 7 heteroatoms. The summed E-state index contributed by atoms with van der Waals surface area (Å²) in [6.07, 6.45) is 4.30. The summed E-state index contributed by atoms with van der Waals surface area (Å²) in [5.41, 5.74) is 7.87. The highest BCUT2D eigenvalue weighted by Crippen LogP contribution is 2.25. The summed E-state index contributed by atoms with van der Waals surface area (Å²) < 4.78 is 0. The topological polar surface area (TPSA) is 78.9 Å². The summed E-state index contributed by atoms with van der Waals surface area (Å²) in [5.74, 6) is 0.00756.